The highest BCUT2D eigenvalue weighted by atomic mass is 19.2. The van der Waals surface area contributed by atoms with Gasteiger partial charge in [0.2, 0.25) is 0 Å². The van der Waals surface area contributed by atoms with Crippen molar-refractivity contribution in [3.63, 3.8) is 0 Å². The summed E-state index contributed by atoms with van der Waals surface area (Å²) in [5, 5.41) is 0. The van der Waals surface area contributed by atoms with Crippen LogP contribution in [-0.2, 0) is 0 Å². The lowest BCUT2D eigenvalue weighted by Gasteiger charge is -2.05. The van der Waals surface area contributed by atoms with E-state index in [2.05, 4.69) is 0 Å². The van der Waals surface area contributed by atoms with Crippen molar-refractivity contribution >= 4 is 13.3 Å². The van der Waals surface area contributed by atoms with Gasteiger partial charge >= 0.3 is 0 Å². The quantitative estimate of drug-likeness (QED) is 0.591. The lowest BCUT2D eigenvalue weighted by molar-refractivity contribution is 0.314. The average molecular weight is 170 g/mol. The first kappa shape index (κ1) is 9.04. The summed E-state index contributed by atoms with van der Waals surface area (Å²) in [7, 11) is 1.51. The molecule has 1 rings (SSSR count). The van der Waals surface area contributed by atoms with Crippen molar-refractivity contribution < 1.29 is 13.5 Å². The lowest BCUT2D eigenvalue weighted by atomic mass is 9.95. The third-order valence-corrected chi connectivity index (χ3v) is 1.54. The van der Waals surface area contributed by atoms with Crippen LogP contribution >= 0.6 is 0 Å². The minimum atomic E-state index is -0.906. The van der Waals surface area contributed by atoms with Gasteiger partial charge in [-0.2, -0.15) is 4.39 Å². The Morgan fingerprint density at radius 1 is 1.33 bits per heavy atom. The van der Waals surface area contributed by atoms with E-state index in [1.807, 2.05) is 0 Å². The minimum Gasteiger partial charge on any atom is -0.491 e. The highest BCUT2D eigenvalue weighted by Crippen LogP contribution is 2.17. The number of halogens is 2. The number of hydrogen-bond donors (Lipinski definition) is 0. The number of rotatable bonds is 2. The molecule has 0 aliphatic heterocycles. The van der Waals surface area contributed by atoms with Crippen LogP contribution < -0.4 is 10.2 Å². The normalized spacial score (nSPS) is 9.92. The second kappa shape index (κ2) is 3.56. The van der Waals surface area contributed by atoms with Gasteiger partial charge in [-0.05, 0) is 13.0 Å². The first-order valence-electron chi connectivity index (χ1n) is 3.74. The number of hydrogen-bond acceptors (Lipinski definition) is 1. The molecule has 0 saturated heterocycles. The first-order valence-corrected chi connectivity index (χ1v) is 3.74. The van der Waals surface area contributed by atoms with Crippen LogP contribution in [0.3, 0.4) is 0 Å². The summed E-state index contributed by atoms with van der Waals surface area (Å²) in [4.78, 5) is 0. The van der Waals surface area contributed by atoms with Gasteiger partial charge in [0.05, 0.1) is 6.61 Å². The molecule has 1 aromatic carbocycles. The maximum absolute atomic E-state index is 12.9. The molecule has 1 nitrogen and oxygen atoms in total. The van der Waals surface area contributed by atoms with Gasteiger partial charge in [0.1, 0.15) is 7.85 Å². The molecule has 0 heterocycles. The van der Waals surface area contributed by atoms with Gasteiger partial charge < -0.3 is 4.74 Å². The van der Waals surface area contributed by atoms with Crippen molar-refractivity contribution in [2.75, 3.05) is 6.61 Å². The molecule has 0 unspecified atom stereocenters. The maximum atomic E-state index is 12.9. The molecule has 0 spiro atoms. The molecule has 0 atom stereocenters. The summed E-state index contributed by atoms with van der Waals surface area (Å²) in [6.45, 7) is 2.05. The van der Waals surface area contributed by atoms with Crippen molar-refractivity contribution in [2.45, 2.75) is 6.92 Å². The Hall–Kier alpha value is -1.06. The maximum Gasteiger partial charge on any atom is 0.200 e. The summed E-state index contributed by atoms with van der Waals surface area (Å²) in [6.07, 6.45) is 0. The Kier molecular flexibility index (Phi) is 2.68. The van der Waals surface area contributed by atoms with E-state index < -0.39 is 11.6 Å². The van der Waals surface area contributed by atoms with E-state index in [0.29, 0.717) is 6.61 Å². The van der Waals surface area contributed by atoms with Gasteiger partial charge in [-0.15, -0.1) is 0 Å². The zero-order chi connectivity index (χ0) is 9.14. The first-order chi connectivity index (χ1) is 5.66. The monoisotopic (exact) mass is 170 g/mol. The topological polar surface area (TPSA) is 9.23 Å². The summed E-state index contributed by atoms with van der Waals surface area (Å²) in [5.74, 6) is -1.77. The largest absolute Gasteiger partial charge is 0.491 e. The molecule has 0 radical (unpaired) electrons. The molecule has 0 N–H and O–H groups in total. The molecule has 0 amide bonds. The van der Waals surface area contributed by atoms with Crippen molar-refractivity contribution in [1.29, 1.82) is 0 Å². The Labute approximate surface area is 70.8 Å². The van der Waals surface area contributed by atoms with Crippen LogP contribution in [0, 0.1) is 11.6 Å². The zero-order valence-corrected chi connectivity index (χ0v) is 7.03. The van der Waals surface area contributed by atoms with Gasteiger partial charge in [-0.1, -0.05) is 11.5 Å². The third kappa shape index (κ3) is 1.57. The smallest absolute Gasteiger partial charge is 0.200 e. The van der Waals surface area contributed by atoms with Crippen LogP contribution in [0.1, 0.15) is 6.92 Å². The molecule has 0 aliphatic rings. The molecule has 0 fully saturated rings. The lowest BCUT2D eigenvalue weighted by Crippen LogP contribution is -2.11. The van der Waals surface area contributed by atoms with Gasteiger partial charge in [0.15, 0.2) is 17.4 Å². The number of ether oxygens (including phenoxy) is 1. The Morgan fingerprint density at radius 2 is 2.00 bits per heavy atom. The molecular weight excluding hydrogens is 161 g/mol. The molecule has 0 saturated carbocycles. The second-order valence-corrected chi connectivity index (χ2v) is 2.44. The van der Waals surface area contributed by atoms with Crippen LogP contribution in [0.2, 0.25) is 0 Å². The molecule has 0 bridgehead atoms. The van der Waals surface area contributed by atoms with E-state index in [-0.39, 0.29) is 11.2 Å². The summed E-state index contributed by atoms with van der Waals surface area (Å²) < 4.78 is 30.7. The molecule has 4 heteroatoms. The van der Waals surface area contributed by atoms with E-state index in [0.717, 1.165) is 0 Å². The van der Waals surface area contributed by atoms with Crippen LogP contribution in [0.15, 0.2) is 12.1 Å². The predicted octanol–water partition coefficient (Wildman–Crippen LogP) is 0.622. The molecular formula is C8H9BF2O. The predicted molar refractivity (Wildman–Crippen MR) is 45.7 cm³/mol. The van der Waals surface area contributed by atoms with Crippen LogP contribution in [0.25, 0.3) is 0 Å². The van der Waals surface area contributed by atoms with Gasteiger partial charge in [0, 0.05) is 0 Å². The fourth-order valence-electron chi connectivity index (χ4n) is 0.895. The summed E-state index contributed by atoms with van der Waals surface area (Å²) in [5.41, 5.74) is 0.288. The van der Waals surface area contributed by atoms with Crippen molar-refractivity contribution in [3.05, 3.63) is 23.8 Å². The third-order valence-electron chi connectivity index (χ3n) is 1.54. The SMILES string of the molecule is Bc1ccc(OCC)c(F)c1F. The fraction of sp³-hybridized carbons (Fsp3) is 0.250. The zero-order valence-electron chi connectivity index (χ0n) is 7.03. The highest BCUT2D eigenvalue weighted by molar-refractivity contribution is 6.32. The van der Waals surface area contributed by atoms with Gasteiger partial charge in [-0.25, -0.2) is 4.39 Å². The van der Waals surface area contributed by atoms with Crippen molar-refractivity contribution in [3.8, 4) is 5.75 Å². The van der Waals surface area contributed by atoms with E-state index in [1.54, 1.807) is 6.92 Å². The van der Waals surface area contributed by atoms with Crippen molar-refractivity contribution in [2.24, 2.45) is 0 Å². The van der Waals surface area contributed by atoms with E-state index in [9.17, 15) is 8.78 Å². The Bertz CT molecular complexity index is 289. The molecule has 64 valence electrons. The fourth-order valence-corrected chi connectivity index (χ4v) is 0.895. The van der Waals surface area contributed by atoms with Crippen LogP contribution in [-0.4, -0.2) is 14.5 Å². The molecule has 1 aromatic rings. The van der Waals surface area contributed by atoms with Gasteiger partial charge in [-0.3, -0.25) is 0 Å². The molecule has 0 aromatic heterocycles. The standard InChI is InChI=1S/C8H9BF2O/c1-2-12-6-4-3-5(9)7(10)8(6)11/h3-4H,2,9H2,1H3. The molecule has 0 aliphatic carbocycles. The Morgan fingerprint density at radius 3 is 2.58 bits per heavy atom. The summed E-state index contributed by atoms with van der Waals surface area (Å²) >= 11 is 0. The highest BCUT2D eigenvalue weighted by Gasteiger charge is 2.10. The second-order valence-electron chi connectivity index (χ2n) is 2.44. The van der Waals surface area contributed by atoms with E-state index in [1.165, 1.54) is 20.0 Å². The van der Waals surface area contributed by atoms with Gasteiger partial charge in [0.25, 0.3) is 0 Å². The van der Waals surface area contributed by atoms with Crippen LogP contribution in [0.4, 0.5) is 8.78 Å². The van der Waals surface area contributed by atoms with E-state index >= 15 is 0 Å². The minimum absolute atomic E-state index is 0.0272. The van der Waals surface area contributed by atoms with Crippen molar-refractivity contribution in [1.82, 2.24) is 0 Å². The molecule has 12 heavy (non-hydrogen) atoms. The summed E-state index contributed by atoms with van der Waals surface area (Å²) in [6, 6.07) is 2.92. The van der Waals surface area contributed by atoms with Crippen LogP contribution in [0.5, 0.6) is 5.75 Å². The van der Waals surface area contributed by atoms with E-state index in [4.69, 9.17) is 4.74 Å². The number of benzene rings is 1. The Balaban J connectivity index is 3.08. The average Bonchev–Trinajstić information content (AvgIpc) is 2.07.